The molecule has 3 atom stereocenters. The topological polar surface area (TPSA) is 58.4 Å². The Bertz CT molecular complexity index is 714. The van der Waals surface area contributed by atoms with Gasteiger partial charge in [0.25, 0.3) is 0 Å². The van der Waals surface area contributed by atoms with E-state index in [0.29, 0.717) is 31.3 Å². The average Bonchev–Trinajstić information content (AvgIpc) is 3.30. The van der Waals surface area contributed by atoms with Crippen LogP contribution in [-0.4, -0.2) is 40.2 Å². The van der Waals surface area contributed by atoms with Crippen molar-refractivity contribution in [1.29, 1.82) is 0 Å². The molecule has 2 aromatic rings. The lowest BCUT2D eigenvalue weighted by Crippen LogP contribution is -2.19. The van der Waals surface area contributed by atoms with Crippen molar-refractivity contribution >= 4 is 0 Å². The van der Waals surface area contributed by atoms with Gasteiger partial charge in [0, 0.05) is 12.0 Å². The predicted octanol–water partition coefficient (Wildman–Crippen LogP) is 2.07. The van der Waals surface area contributed by atoms with Gasteiger partial charge >= 0.3 is 0 Å². The molecule has 0 saturated carbocycles. The van der Waals surface area contributed by atoms with E-state index in [1.54, 1.807) is 6.33 Å². The molecule has 6 heteroatoms. The Morgan fingerprint density at radius 2 is 2.00 bits per heavy atom. The minimum Gasteiger partial charge on any atom is -0.486 e. The van der Waals surface area contributed by atoms with E-state index in [1.165, 1.54) is 6.42 Å². The van der Waals surface area contributed by atoms with Crippen molar-refractivity contribution in [3.05, 3.63) is 30.4 Å². The van der Waals surface area contributed by atoms with Gasteiger partial charge in [-0.1, -0.05) is 0 Å². The highest BCUT2D eigenvalue weighted by Gasteiger charge is 2.43. The monoisotopic (exact) mass is 299 g/mol. The Kier molecular flexibility index (Phi) is 2.67. The van der Waals surface area contributed by atoms with E-state index in [-0.39, 0.29) is 0 Å². The van der Waals surface area contributed by atoms with Crippen LogP contribution in [0.3, 0.4) is 0 Å². The van der Waals surface area contributed by atoms with Gasteiger partial charge in [-0.2, -0.15) is 5.10 Å². The standard InChI is InChI=1S/C16H17N3O3/c1-3-14-15(21-6-5-20-14)7-10(1)19-16(17-9-18-19)12-8-11-2-4-13(12)22-11/h1,3,7,9,11-13H,2,4-6,8H2/t11-,12-,13+/m0/s1. The van der Waals surface area contributed by atoms with Crippen LogP contribution in [0.2, 0.25) is 0 Å². The van der Waals surface area contributed by atoms with Gasteiger partial charge in [-0.3, -0.25) is 0 Å². The maximum absolute atomic E-state index is 5.96. The Morgan fingerprint density at radius 1 is 1.09 bits per heavy atom. The fraction of sp³-hybridized carbons (Fsp3) is 0.500. The summed E-state index contributed by atoms with van der Waals surface area (Å²) in [5.74, 6) is 2.90. The summed E-state index contributed by atoms with van der Waals surface area (Å²) in [6.07, 6.45) is 5.68. The van der Waals surface area contributed by atoms with Gasteiger partial charge in [-0.25, -0.2) is 9.67 Å². The van der Waals surface area contributed by atoms with Crippen LogP contribution < -0.4 is 9.47 Å². The number of fused-ring (bicyclic) bond motifs is 3. The fourth-order valence-electron chi connectivity index (χ4n) is 3.78. The number of hydrogen-bond donors (Lipinski definition) is 0. The molecule has 1 aromatic carbocycles. The molecule has 1 aromatic heterocycles. The lowest BCUT2D eigenvalue weighted by molar-refractivity contribution is 0.0997. The SMILES string of the molecule is c1nc([C@H]2C[C@@H]3CC[C@H]2O3)n(-c2ccc3c(c2)OCCO3)n1. The zero-order chi connectivity index (χ0) is 14.5. The van der Waals surface area contributed by atoms with Crippen molar-refractivity contribution in [3.8, 4) is 17.2 Å². The van der Waals surface area contributed by atoms with Crippen molar-refractivity contribution < 1.29 is 14.2 Å². The van der Waals surface area contributed by atoms with Gasteiger partial charge in [0.05, 0.1) is 17.9 Å². The summed E-state index contributed by atoms with van der Waals surface area (Å²) >= 11 is 0. The first-order chi connectivity index (χ1) is 10.9. The van der Waals surface area contributed by atoms with Crippen molar-refractivity contribution in [3.63, 3.8) is 0 Å². The van der Waals surface area contributed by atoms with Crippen LogP contribution in [0.5, 0.6) is 11.5 Å². The number of benzene rings is 1. The maximum Gasteiger partial charge on any atom is 0.163 e. The van der Waals surface area contributed by atoms with E-state index >= 15 is 0 Å². The van der Waals surface area contributed by atoms with Crippen molar-refractivity contribution in [2.24, 2.45) is 0 Å². The minimum absolute atomic E-state index is 0.296. The zero-order valence-electron chi connectivity index (χ0n) is 12.1. The maximum atomic E-state index is 5.96. The molecule has 2 saturated heterocycles. The van der Waals surface area contributed by atoms with Crippen molar-refractivity contribution in [2.75, 3.05) is 13.2 Å². The van der Waals surface area contributed by atoms with E-state index in [0.717, 1.165) is 35.9 Å². The van der Waals surface area contributed by atoms with E-state index in [4.69, 9.17) is 14.2 Å². The molecule has 2 bridgehead atoms. The highest BCUT2D eigenvalue weighted by atomic mass is 16.6. The third kappa shape index (κ3) is 1.83. The van der Waals surface area contributed by atoms with Crippen LogP contribution in [0.15, 0.2) is 24.5 Å². The Labute approximate surface area is 128 Å². The zero-order valence-corrected chi connectivity index (χ0v) is 12.1. The molecule has 0 aliphatic carbocycles. The van der Waals surface area contributed by atoms with Crippen LogP contribution >= 0.6 is 0 Å². The average molecular weight is 299 g/mol. The molecular formula is C16H17N3O3. The summed E-state index contributed by atoms with van der Waals surface area (Å²) in [6, 6.07) is 5.91. The van der Waals surface area contributed by atoms with Gasteiger partial charge in [0.1, 0.15) is 25.4 Å². The van der Waals surface area contributed by atoms with Crippen LogP contribution in [0.25, 0.3) is 5.69 Å². The molecule has 0 amide bonds. The van der Waals surface area contributed by atoms with Gasteiger partial charge in [0.15, 0.2) is 11.5 Å². The van der Waals surface area contributed by atoms with Crippen LogP contribution in [0, 0.1) is 0 Å². The smallest absolute Gasteiger partial charge is 0.163 e. The van der Waals surface area contributed by atoms with Gasteiger partial charge < -0.3 is 14.2 Å². The largest absolute Gasteiger partial charge is 0.486 e. The number of aromatic nitrogens is 3. The highest BCUT2D eigenvalue weighted by Crippen LogP contribution is 2.44. The third-order valence-corrected chi connectivity index (χ3v) is 4.78. The Balaban J connectivity index is 1.52. The molecule has 0 unspecified atom stereocenters. The summed E-state index contributed by atoms with van der Waals surface area (Å²) in [7, 11) is 0. The van der Waals surface area contributed by atoms with Crippen LogP contribution in [0.4, 0.5) is 0 Å². The molecule has 5 rings (SSSR count). The third-order valence-electron chi connectivity index (χ3n) is 4.78. The van der Waals surface area contributed by atoms with Crippen LogP contribution in [0.1, 0.15) is 31.0 Å². The highest BCUT2D eigenvalue weighted by molar-refractivity contribution is 5.49. The van der Waals surface area contributed by atoms with Gasteiger partial charge in [0.2, 0.25) is 0 Å². The molecule has 0 spiro atoms. The number of ether oxygens (including phenoxy) is 3. The van der Waals surface area contributed by atoms with E-state index < -0.39 is 0 Å². The van der Waals surface area contributed by atoms with E-state index in [1.807, 2.05) is 22.9 Å². The summed E-state index contributed by atoms with van der Waals surface area (Å²) in [5.41, 5.74) is 0.958. The first-order valence-corrected chi connectivity index (χ1v) is 7.84. The van der Waals surface area contributed by atoms with Crippen molar-refractivity contribution in [2.45, 2.75) is 37.4 Å². The molecule has 0 radical (unpaired) electrons. The number of nitrogens with zero attached hydrogens (tertiary/aromatic N) is 3. The van der Waals surface area contributed by atoms with Crippen LogP contribution in [-0.2, 0) is 4.74 Å². The first-order valence-electron chi connectivity index (χ1n) is 7.84. The Hall–Kier alpha value is -2.08. The molecular weight excluding hydrogens is 282 g/mol. The first kappa shape index (κ1) is 12.5. The molecule has 6 nitrogen and oxygen atoms in total. The van der Waals surface area contributed by atoms with Gasteiger partial charge in [-0.05, 0) is 31.4 Å². The molecule has 0 N–H and O–H groups in total. The molecule has 2 fully saturated rings. The molecule has 3 aliphatic heterocycles. The van der Waals surface area contributed by atoms with E-state index in [9.17, 15) is 0 Å². The minimum atomic E-state index is 0.296. The van der Waals surface area contributed by atoms with Crippen molar-refractivity contribution in [1.82, 2.24) is 14.8 Å². The number of hydrogen-bond acceptors (Lipinski definition) is 5. The lowest BCUT2D eigenvalue weighted by Gasteiger charge is -2.21. The summed E-state index contributed by atoms with van der Waals surface area (Å²) in [6.45, 7) is 1.18. The molecule has 3 aliphatic rings. The predicted molar refractivity (Wildman–Crippen MR) is 77.6 cm³/mol. The summed E-state index contributed by atoms with van der Waals surface area (Å²) in [5, 5.41) is 4.42. The number of rotatable bonds is 2. The molecule has 22 heavy (non-hydrogen) atoms. The second-order valence-corrected chi connectivity index (χ2v) is 6.07. The second-order valence-electron chi connectivity index (χ2n) is 6.07. The summed E-state index contributed by atoms with van der Waals surface area (Å²) in [4.78, 5) is 4.51. The lowest BCUT2D eigenvalue weighted by atomic mass is 9.88. The normalized spacial score (nSPS) is 29.0. The quantitative estimate of drug-likeness (QED) is 0.849. The van der Waals surface area contributed by atoms with Gasteiger partial charge in [-0.15, -0.1) is 0 Å². The fourth-order valence-corrected chi connectivity index (χ4v) is 3.78. The summed E-state index contributed by atoms with van der Waals surface area (Å²) < 4.78 is 19.1. The second kappa shape index (κ2) is 4.71. The Morgan fingerprint density at radius 3 is 2.82 bits per heavy atom. The molecule has 4 heterocycles. The van der Waals surface area contributed by atoms with E-state index in [2.05, 4.69) is 10.1 Å². The molecule has 114 valence electrons.